The van der Waals surface area contributed by atoms with Gasteiger partial charge in [0, 0.05) is 11.6 Å². The SMILES string of the molecule is CCOC(=O)CCNS(=O)(=O)c1ccc(Cl)cc1N. The van der Waals surface area contributed by atoms with E-state index >= 15 is 0 Å². The van der Waals surface area contributed by atoms with Crippen LogP contribution in [0.3, 0.4) is 0 Å². The molecular weight excluding hydrogens is 292 g/mol. The van der Waals surface area contributed by atoms with Crippen LogP contribution in [0.4, 0.5) is 5.69 Å². The summed E-state index contributed by atoms with van der Waals surface area (Å²) in [5.74, 6) is -0.464. The number of halogens is 1. The summed E-state index contributed by atoms with van der Waals surface area (Å²) in [7, 11) is -3.76. The van der Waals surface area contributed by atoms with E-state index in [-0.39, 0.29) is 30.2 Å². The summed E-state index contributed by atoms with van der Waals surface area (Å²) in [6.45, 7) is 1.88. The van der Waals surface area contributed by atoms with Crippen LogP contribution in [0.5, 0.6) is 0 Å². The molecule has 0 saturated heterocycles. The zero-order valence-corrected chi connectivity index (χ0v) is 11.9. The summed E-state index contributed by atoms with van der Waals surface area (Å²) in [4.78, 5) is 11.0. The highest BCUT2D eigenvalue weighted by atomic mass is 35.5. The Balaban J connectivity index is 2.68. The number of carbonyl (C=O) groups is 1. The van der Waals surface area contributed by atoms with Crippen LogP contribution in [0.15, 0.2) is 23.1 Å². The largest absolute Gasteiger partial charge is 0.466 e. The van der Waals surface area contributed by atoms with Gasteiger partial charge < -0.3 is 10.5 Å². The van der Waals surface area contributed by atoms with E-state index in [0.717, 1.165) is 0 Å². The predicted molar refractivity (Wildman–Crippen MR) is 72.3 cm³/mol. The number of hydrogen-bond acceptors (Lipinski definition) is 5. The first-order valence-corrected chi connectivity index (χ1v) is 7.43. The fourth-order valence-electron chi connectivity index (χ4n) is 1.36. The number of anilines is 1. The van der Waals surface area contributed by atoms with Crippen LogP contribution in [0.1, 0.15) is 13.3 Å². The lowest BCUT2D eigenvalue weighted by atomic mass is 10.3. The maximum absolute atomic E-state index is 11.9. The minimum Gasteiger partial charge on any atom is -0.466 e. The summed E-state index contributed by atoms with van der Waals surface area (Å²) in [5.41, 5.74) is 5.64. The van der Waals surface area contributed by atoms with Crippen LogP contribution < -0.4 is 10.5 Å². The normalized spacial score (nSPS) is 11.3. The van der Waals surface area contributed by atoms with Crippen molar-refractivity contribution in [1.29, 1.82) is 0 Å². The number of esters is 1. The number of hydrogen-bond donors (Lipinski definition) is 2. The van der Waals surface area contributed by atoms with Crippen LogP contribution in [-0.2, 0) is 19.6 Å². The molecule has 0 aliphatic heterocycles. The minimum atomic E-state index is -3.76. The smallest absolute Gasteiger partial charge is 0.307 e. The van der Waals surface area contributed by atoms with E-state index in [1.165, 1.54) is 18.2 Å². The lowest BCUT2D eigenvalue weighted by Gasteiger charge is -2.09. The van der Waals surface area contributed by atoms with Crippen molar-refractivity contribution in [3.63, 3.8) is 0 Å². The number of nitrogen functional groups attached to an aromatic ring is 1. The van der Waals surface area contributed by atoms with Crippen molar-refractivity contribution in [2.75, 3.05) is 18.9 Å². The lowest BCUT2D eigenvalue weighted by molar-refractivity contribution is -0.142. The van der Waals surface area contributed by atoms with Crippen LogP contribution in [0.2, 0.25) is 5.02 Å². The third kappa shape index (κ3) is 4.70. The van der Waals surface area contributed by atoms with Gasteiger partial charge in [-0.1, -0.05) is 11.6 Å². The van der Waals surface area contributed by atoms with Gasteiger partial charge in [-0.3, -0.25) is 4.79 Å². The lowest BCUT2D eigenvalue weighted by Crippen LogP contribution is -2.27. The van der Waals surface area contributed by atoms with Crippen molar-refractivity contribution in [1.82, 2.24) is 4.72 Å². The molecule has 1 aromatic carbocycles. The third-order valence-corrected chi connectivity index (χ3v) is 3.96. The van der Waals surface area contributed by atoms with Crippen molar-refractivity contribution < 1.29 is 17.9 Å². The maximum Gasteiger partial charge on any atom is 0.307 e. The number of sulfonamides is 1. The molecule has 1 rings (SSSR count). The molecule has 1 aromatic rings. The van der Waals surface area contributed by atoms with Crippen molar-refractivity contribution in [3.8, 4) is 0 Å². The minimum absolute atomic E-state index is 0.0411. The van der Waals surface area contributed by atoms with Gasteiger partial charge in [0.15, 0.2) is 0 Å². The highest BCUT2D eigenvalue weighted by Crippen LogP contribution is 2.22. The molecule has 0 aliphatic carbocycles. The molecule has 6 nitrogen and oxygen atoms in total. The standard InChI is InChI=1S/C11H15ClN2O4S/c1-2-18-11(15)5-6-14-19(16,17)10-4-3-8(12)7-9(10)13/h3-4,7,14H,2,5-6,13H2,1H3. The highest BCUT2D eigenvalue weighted by Gasteiger charge is 2.17. The second-order valence-electron chi connectivity index (χ2n) is 3.63. The van der Waals surface area contributed by atoms with E-state index in [1.54, 1.807) is 6.92 Å². The molecular formula is C11H15ClN2O4S. The Hall–Kier alpha value is -1.31. The van der Waals surface area contributed by atoms with Crippen molar-refractivity contribution in [2.24, 2.45) is 0 Å². The molecule has 0 spiro atoms. The second-order valence-corrected chi connectivity index (χ2v) is 5.81. The molecule has 19 heavy (non-hydrogen) atoms. The van der Waals surface area contributed by atoms with Gasteiger partial charge in [0.1, 0.15) is 4.90 Å². The van der Waals surface area contributed by atoms with E-state index in [0.29, 0.717) is 5.02 Å². The van der Waals surface area contributed by atoms with Crippen LogP contribution in [0, 0.1) is 0 Å². The Kier molecular flexibility index (Phi) is 5.59. The zero-order chi connectivity index (χ0) is 14.5. The number of nitrogens with one attached hydrogen (secondary N) is 1. The molecule has 0 heterocycles. The average molecular weight is 307 g/mol. The van der Waals surface area contributed by atoms with E-state index in [2.05, 4.69) is 9.46 Å². The topological polar surface area (TPSA) is 98.5 Å². The zero-order valence-electron chi connectivity index (χ0n) is 10.3. The predicted octanol–water partition coefficient (Wildman–Crippen LogP) is 1.15. The Morgan fingerprint density at radius 1 is 1.47 bits per heavy atom. The van der Waals surface area contributed by atoms with Crippen LogP contribution in [0.25, 0.3) is 0 Å². The third-order valence-electron chi connectivity index (χ3n) is 2.19. The first kappa shape index (κ1) is 15.7. The van der Waals surface area contributed by atoms with Crippen LogP contribution in [-0.4, -0.2) is 27.5 Å². The molecule has 8 heteroatoms. The highest BCUT2D eigenvalue weighted by molar-refractivity contribution is 7.89. The summed E-state index contributed by atoms with van der Waals surface area (Å²) < 4.78 is 30.8. The fourth-order valence-corrected chi connectivity index (χ4v) is 2.69. The Labute approximate surface area is 116 Å². The van der Waals surface area contributed by atoms with Crippen molar-refractivity contribution >= 4 is 33.3 Å². The van der Waals surface area contributed by atoms with Gasteiger partial charge in [0.05, 0.1) is 18.7 Å². The first-order chi connectivity index (χ1) is 8.86. The van der Waals surface area contributed by atoms with Gasteiger partial charge in [-0.2, -0.15) is 0 Å². The number of rotatable bonds is 6. The summed E-state index contributed by atoms with van der Waals surface area (Å²) in [6.07, 6.45) is -0.0411. The number of carbonyl (C=O) groups excluding carboxylic acids is 1. The second kappa shape index (κ2) is 6.74. The van der Waals surface area contributed by atoms with Gasteiger partial charge in [-0.05, 0) is 25.1 Å². The molecule has 0 amide bonds. The molecule has 0 aromatic heterocycles. The molecule has 0 fully saturated rings. The average Bonchev–Trinajstić information content (AvgIpc) is 2.28. The molecule has 0 saturated carbocycles. The molecule has 3 N–H and O–H groups in total. The Morgan fingerprint density at radius 3 is 2.74 bits per heavy atom. The van der Waals surface area contributed by atoms with E-state index < -0.39 is 16.0 Å². The number of nitrogens with two attached hydrogens (primary N) is 1. The molecule has 106 valence electrons. The first-order valence-electron chi connectivity index (χ1n) is 5.57. The quantitative estimate of drug-likeness (QED) is 0.607. The van der Waals surface area contributed by atoms with Crippen molar-refractivity contribution in [2.45, 2.75) is 18.2 Å². The van der Waals surface area contributed by atoms with Gasteiger partial charge in [0.2, 0.25) is 10.0 Å². The van der Waals surface area contributed by atoms with Gasteiger partial charge in [0.25, 0.3) is 0 Å². The Bertz CT molecular complexity index is 560. The van der Waals surface area contributed by atoms with E-state index in [9.17, 15) is 13.2 Å². The monoisotopic (exact) mass is 306 g/mol. The molecule has 0 aliphatic rings. The van der Waals surface area contributed by atoms with Crippen LogP contribution >= 0.6 is 11.6 Å². The van der Waals surface area contributed by atoms with E-state index in [4.69, 9.17) is 17.3 Å². The molecule has 0 radical (unpaired) electrons. The van der Waals surface area contributed by atoms with Crippen molar-refractivity contribution in [3.05, 3.63) is 23.2 Å². The fraction of sp³-hybridized carbons (Fsp3) is 0.364. The molecule has 0 bridgehead atoms. The summed E-state index contributed by atoms with van der Waals surface area (Å²) >= 11 is 5.69. The Morgan fingerprint density at radius 2 is 2.16 bits per heavy atom. The number of ether oxygens (including phenoxy) is 1. The van der Waals surface area contributed by atoms with Gasteiger partial charge in [-0.25, -0.2) is 13.1 Å². The number of benzene rings is 1. The van der Waals surface area contributed by atoms with Gasteiger partial charge in [-0.15, -0.1) is 0 Å². The summed E-state index contributed by atoms with van der Waals surface area (Å²) in [6, 6.07) is 4.09. The van der Waals surface area contributed by atoms with E-state index in [1.807, 2.05) is 0 Å². The molecule has 0 unspecified atom stereocenters. The summed E-state index contributed by atoms with van der Waals surface area (Å²) in [5, 5.41) is 0.350. The maximum atomic E-state index is 11.9. The molecule has 0 atom stereocenters. The van der Waals surface area contributed by atoms with Gasteiger partial charge >= 0.3 is 5.97 Å².